The van der Waals surface area contributed by atoms with E-state index in [1.54, 1.807) is 39.0 Å². The Hall–Kier alpha value is -3.20. The Bertz CT molecular complexity index is 1270. The predicted octanol–water partition coefficient (Wildman–Crippen LogP) is 7.89. The van der Waals surface area contributed by atoms with Crippen molar-refractivity contribution in [2.75, 3.05) is 0 Å². The van der Waals surface area contributed by atoms with Gasteiger partial charge in [-0.25, -0.2) is 9.18 Å². The van der Waals surface area contributed by atoms with Crippen LogP contribution in [-0.2, 0) is 22.1 Å². The largest absolute Gasteiger partial charge is 0.473 e. The minimum Gasteiger partial charge on any atom is -0.473 e. The van der Waals surface area contributed by atoms with Crippen molar-refractivity contribution in [3.8, 4) is 16.2 Å². The van der Waals surface area contributed by atoms with Crippen molar-refractivity contribution in [1.29, 1.82) is 0 Å². The van der Waals surface area contributed by atoms with E-state index in [-0.39, 0.29) is 24.4 Å². The van der Waals surface area contributed by atoms with Gasteiger partial charge < -0.3 is 9.47 Å². The van der Waals surface area contributed by atoms with Gasteiger partial charge in [0.2, 0.25) is 0 Å². The van der Waals surface area contributed by atoms with Gasteiger partial charge in [-0.1, -0.05) is 18.2 Å². The van der Waals surface area contributed by atoms with Crippen LogP contribution in [0.3, 0.4) is 0 Å². The SMILES string of the molecule is CC(C)(C)OC(=O)C(C)(C)Oc1ccc(CCC(=O)c2ccc(-c3ccc(C(F)(F)F)cc3)s2)cc1F. The number of ketones is 1. The molecule has 0 aliphatic carbocycles. The van der Waals surface area contributed by atoms with E-state index in [9.17, 15) is 27.2 Å². The molecule has 2 aromatic carbocycles. The monoisotopic (exact) mass is 536 g/mol. The summed E-state index contributed by atoms with van der Waals surface area (Å²) in [5, 5.41) is 0. The third kappa shape index (κ3) is 7.64. The minimum absolute atomic E-state index is 0.106. The van der Waals surface area contributed by atoms with Gasteiger partial charge in [0.05, 0.1) is 10.4 Å². The second-order valence-corrected chi connectivity index (χ2v) is 11.1. The van der Waals surface area contributed by atoms with Crippen LogP contribution in [0.5, 0.6) is 5.75 Å². The van der Waals surface area contributed by atoms with E-state index in [1.807, 2.05) is 0 Å². The highest BCUT2D eigenvalue weighted by Crippen LogP contribution is 2.34. The fourth-order valence-electron chi connectivity index (χ4n) is 3.35. The topological polar surface area (TPSA) is 52.6 Å². The quantitative estimate of drug-likeness (QED) is 0.167. The Morgan fingerprint density at radius 1 is 0.892 bits per heavy atom. The Kier molecular flexibility index (Phi) is 8.17. The lowest BCUT2D eigenvalue weighted by Crippen LogP contribution is -2.43. The third-order valence-electron chi connectivity index (χ3n) is 5.27. The second-order valence-electron chi connectivity index (χ2n) is 10.0. The number of benzene rings is 2. The summed E-state index contributed by atoms with van der Waals surface area (Å²) in [5.41, 5.74) is -1.69. The van der Waals surface area contributed by atoms with Crippen molar-refractivity contribution >= 4 is 23.1 Å². The average molecular weight is 537 g/mol. The van der Waals surface area contributed by atoms with E-state index in [1.165, 1.54) is 49.4 Å². The summed E-state index contributed by atoms with van der Waals surface area (Å²) in [6.07, 6.45) is -4.01. The highest BCUT2D eigenvalue weighted by molar-refractivity contribution is 7.17. The first-order chi connectivity index (χ1) is 17.0. The minimum atomic E-state index is -4.41. The Balaban J connectivity index is 1.61. The molecule has 0 radical (unpaired) electrons. The van der Waals surface area contributed by atoms with Gasteiger partial charge in [0.1, 0.15) is 5.60 Å². The number of hydrogen-bond donors (Lipinski definition) is 0. The van der Waals surface area contributed by atoms with E-state index in [2.05, 4.69) is 0 Å². The summed E-state index contributed by atoms with van der Waals surface area (Å²) < 4.78 is 63.9. The molecule has 0 amide bonds. The first kappa shape index (κ1) is 28.4. The number of carbonyl (C=O) groups excluding carboxylic acids is 2. The molecular formula is C28H28F4O4S. The molecule has 9 heteroatoms. The molecule has 0 saturated carbocycles. The molecule has 37 heavy (non-hydrogen) atoms. The number of rotatable bonds is 8. The summed E-state index contributed by atoms with van der Waals surface area (Å²) in [6.45, 7) is 8.16. The molecule has 0 aliphatic rings. The van der Waals surface area contributed by atoms with Crippen LogP contribution in [0.2, 0.25) is 0 Å². The summed E-state index contributed by atoms with van der Waals surface area (Å²) >= 11 is 1.19. The van der Waals surface area contributed by atoms with E-state index in [0.717, 1.165) is 12.1 Å². The predicted molar refractivity (Wildman–Crippen MR) is 134 cm³/mol. The molecule has 1 heterocycles. The van der Waals surface area contributed by atoms with Gasteiger partial charge in [0.15, 0.2) is 23.0 Å². The van der Waals surface area contributed by atoms with Crippen molar-refractivity contribution < 1.29 is 36.6 Å². The average Bonchev–Trinajstić information content (AvgIpc) is 3.28. The fourth-order valence-corrected chi connectivity index (χ4v) is 4.33. The van der Waals surface area contributed by atoms with Crippen LogP contribution < -0.4 is 4.74 Å². The molecule has 0 fully saturated rings. The maximum Gasteiger partial charge on any atom is 0.416 e. The van der Waals surface area contributed by atoms with Crippen LogP contribution in [0.25, 0.3) is 10.4 Å². The lowest BCUT2D eigenvalue weighted by atomic mass is 10.1. The van der Waals surface area contributed by atoms with Crippen molar-refractivity contribution in [1.82, 2.24) is 0 Å². The molecule has 0 unspecified atom stereocenters. The number of ether oxygens (including phenoxy) is 2. The van der Waals surface area contributed by atoms with E-state index in [0.29, 0.717) is 20.9 Å². The van der Waals surface area contributed by atoms with Gasteiger partial charge in [0, 0.05) is 11.3 Å². The number of alkyl halides is 3. The highest BCUT2D eigenvalue weighted by atomic mass is 32.1. The zero-order valence-corrected chi connectivity index (χ0v) is 22.0. The molecule has 1 aromatic heterocycles. The first-order valence-electron chi connectivity index (χ1n) is 11.6. The number of hydrogen-bond acceptors (Lipinski definition) is 5. The van der Waals surface area contributed by atoms with Crippen LogP contribution in [0.15, 0.2) is 54.6 Å². The van der Waals surface area contributed by atoms with Crippen LogP contribution in [0, 0.1) is 5.82 Å². The number of halogens is 4. The molecule has 0 N–H and O–H groups in total. The summed E-state index contributed by atoms with van der Waals surface area (Å²) in [7, 11) is 0. The van der Waals surface area contributed by atoms with Gasteiger partial charge in [-0.15, -0.1) is 11.3 Å². The molecule has 3 aromatic rings. The van der Waals surface area contributed by atoms with Gasteiger partial charge in [-0.3, -0.25) is 4.79 Å². The van der Waals surface area contributed by atoms with Crippen molar-refractivity contribution in [2.24, 2.45) is 0 Å². The van der Waals surface area contributed by atoms with Crippen LogP contribution >= 0.6 is 11.3 Å². The standard InChI is InChI=1S/C28H28F4O4S/c1-26(2,3)36-25(34)27(4,5)35-22-13-7-17(16-20(22)29)6-12-21(33)24-15-14-23(37-24)18-8-10-19(11-9-18)28(30,31)32/h7-11,13-16H,6,12H2,1-5H3. The highest BCUT2D eigenvalue weighted by Gasteiger charge is 2.35. The normalized spacial score (nSPS) is 12.4. The van der Waals surface area contributed by atoms with Gasteiger partial charge in [0.25, 0.3) is 0 Å². The molecule has 0 saturated heterocycles. The zero-order valence-electron chi connectivity index (χ0n) is 21.2. The zero-order chi connectivity index (χ0) is 27.6. The van der Waals surface area contributed by atoms with Crippen LogP contribution in [-0.4, -0.2) is 23.0 Å². The van der Waals surface area contributed by atoms with Crippen LogP contribution in [0.4, 0.5) is 17.6 Å². The molecule has 0 aliphatic heterocycles. The van der Waals surface area contributed by atoms with Gasteiger partial charge >= 0.3 is 12.1 Å². The van der Waals surface area contributed by atoms with Gasteiger partial charge in [-0.05, 0) is 88.6 Å². The lowest BCUT2D eigenvalue weighted by molar-refractivity contribution is -0.171. The Labute approximate surface area is 217 Å². The van der Waals surface area contributed by atoms with Crippen molar-refractivity contribution in [3.63, 3.8) is 0 Å². The van der Waals surface area contributed by atoms with E-state index < -0.39 is 34.7 Å². The van der Waals surface area contributed by atoms with Crippen molar-refractivity contribution in [2.45, 2.75) is 64.8 Å². The molecule has 0 spiro atoms. The Morgan fingerprint density at radius 2 is 1.54 bits per heavy atom. The summed E-state index contributed by atoms with van der Waals surface area (Å²) in [6, 6.07) is 12.4. The summed E-state index contributed by atoms with van der Waals surface area (Å²) in [4.78, 5) is 26.2. The molecular weight excluding hydrogens is 508 g/mol. The fraction of sp³-hybridized carbons (Fsp3) is 0.357. The number of aryl methyl sites for hydroxylation is 1. The molecule has 0 atom stereocenters. The van der Waals surface area contributed by atoms with Gasteiger partial charge in [-0.2, -0.15) is 13.2 Å². The maximum absolute atomic E-state index is 14.7. The number of Topliss-reactive ketones (excluding diaryl/α,β-unsaturated/α-hetero) is 1. The number of thiophene rings is 1. The second kappa shape index (κ2) is 10.7. The Morgan fingerprint density at radius 3 is 2.11 bits per heavy atom. The lowest BCUT2D eigenvalue weighted by Gasteiger charge is -2.29. The molecule has 198 valence electrons. The number of esters is 1. The molecule has 4 nitrogen and oxygen atoms in total. The smallest absolute Gasteiger partial charge is 0.416 e. The molecule has 0 bridgehead atoms. The number of carbonyl (C=O) groups is 2. The summed E-state index contributed by atoms with van der Waals surface area (Å²) in [5.74, 6) is -1.55. The maximum atomic E-state index is 14.7. The third-order valence-corrected chi connectivity index (χ3v) is 6.45. The van der Waals surface area contributed by atoms with E-state index in [4.69, 9.17) is 9.47 Å². The first-order valence-corrected chi connectivity index (χ1v) is 12.4. The van der Waals surface area contributed by atoms with Crippen LogP contribution in [0.1, 0.15) is 61.8 Å². The van der Waals surface area contributed by atoms with E-state index >= 15 is 0 Å². The molecule has 3 rings (SSSR count). The van der Waals surface area contributed by atoms with Crippen molar-refractivity contribution in [3.05, 3.63) is 76.4 Å².